The molecule has 0 radical (unpaired) electrons. The van der Waals surface area contributed by atoms with Crippen molar-refractivity contribution in [3.05, 3.63) is 29.3 Å². The van der Waals surface area contributed by atoms with Gasteiger partial charge in [-0.15, -0.1) is 0 Å². The molecule has 0 spiro atoms. The first-order valence-corrected chi connectivity index (χ1v) is 10.3. The Kier molecular flexibility index (Phi) is 6.53. The van der Waals surface area contributed by atoms with Crippen LogP contribution in [0.3, 0.4) is 0 Å². The molecule has 1 heterocycles. The zero-order valence-corrected chi connectivity index (χ0v) is 17.0. The topological polar surface area (TPSA) is 52.7 Å². The molecule has 2 aliphatic rings. The number of nitrogens with one attached hydrogen (secondary N) is 1. The molecule has 0 aromatic heterocycles. The fraction of sp³-hybridized carbons (Fsp3) is 0.636. The smallest absolute Gasteiger partial charge is 0.238 e. The van der Waals surface area contributed by atoms with Crippen LogP contribution in [0, 0.1) is 19.8 Å². The van der Waals surface area contributed by atoms with Gasteiger partial charge in [0.1, 0.15) is 0 Å². The number of aryl methyl sites for hydroxylation is 2. The Hall–Kier alpha value is -1.88. The Bertz CT molecular complexity index is 684. The second kappa shape index (κ2) is 8.87. The summed E-state index contributed by atoms with van der Waals surface area (Å²) in [6.45, 7) is 9.06. The average Bonchev–Trinajstić information content (AvgIpc) is 3.46. The number of hydrogen-bond acceptors (Lipinski definition) is 3. The van der Waals surface area contributed by atoms with E-state index in [-0.39, 0.29) is 11.8 Å². The summed E-state index contributed by atoms with van der Waals surface area (Å²) in [6, 6.07) is 6.55. The molecular weight excluding hydrogens is 338 g/mol. The van der Waals surface area contributed by atoms with Gasteiger partial charge in [-0.05, 0) is 62.6 Å². The zero-order chi connectivity index (χ0) is 19.4. The monoisotopic (exact) mass is 371 g/mol. The molecule has 5 nitrogen and oxygen atoms in total. The van der Waals surface area contributed by atoms with E-state index in [9.17, 15) is 9.59 Å². The molecule has 1 aromatic carbocycles. The minimum absolute atomic E-state index is 0.00893. The zero-order valence-electron chi connectivity index (χ0n) is 17.0. The number of carbonyl (C=O) groups is 2. The van der Waals surface area contributed by atoms with Gasteiger partial charge < -0.3 is 10.2 Å². The summed E-state index contributed by atoms with van der Waals surface area (Å²) in [5, 5.41) is 3.05. The maximum Gasteiger partial charge on any atom is 0.238 e. The maximum atomic E-state index is 12.6. The third kappa shape index (κ3) is 5.80. The molecule has 3 rings (SSSR count). The van der Waals surface area contributed by atoms with Crippen molar-refractivity contribution in [3.8, 4) is 0 Å². The number of amides is 2. The molecular formula is C22H33N3O2. The van der Waals surface area contributed by atoms with Gasteiger partial charge >= 0.3 is 0 Å². The molecule has 1 aliphatic carbocycles. The summed E-state index contributed by atoms with van der Waals surface area (Å²) < 4.78 is 0. The summed E-state index contributed by atoms with van der Waals surface area (Å²) in [5.74, 6) is 0.849. The number of nitrogens with zero attached hydrogens (tertiary/aromatic N) is 2. The number of anilines is 1. The van der Waals surface area contributed by atoms with Crippen LogP contribution in [0.1, 0.15) is 50.2 Å². The molecule has 1 aromatic rings. The predicted octanol–water partition coefficient (Wildman–Crippen LogP) is 3.35. The maximum absolute atomic E-state index is 12.6. The number of piperidine rings is 1. The predicted molar refractivity (Wildman–Crippen MR) is 109 cm³/mol. The minimum Gasteiger partial charge on any atom is -0.342 e. The lowest BCUT2D eigenvalue weighted by molar-refractivity contribution is -0.133. The molecule has 1 saturated carbocycles. The van der Waals surface area contributed by atoms with Crippen molar-refractivity contribution >= 4 is 17.5 Å². The molecule has 2 fully saturated rings. The van der Waals surface area contributed by atoms with Crippen molar-refractivity contribution < 1.29 is 9.59 Å². The highest BCUT2D eigenvalue weighted by Crippen LogP contribution is 2.27. The van der Waals surface area contributed by atoms with E-state index in [0.717, 1.165) is 49.2 Å². The highest BCUT2D eigenvalue weighted by Gasteiger charge is 2.31. The summed E-state index contributed by atoms with van der Waals surface area (Å²) >= 11 is 0. The lowest BCUT2D eigenvalue weighted by Crippen LogP contribution is -2.42. The van der Waals surface area contributed by atoms with Crippen molar-refractivity contribution in [1.29, 1.82) is 0 Å². The first-order valence-electron chi connectivity index (χ1n) is 10.3. The molecule has 1 saturated heterocycles. The van der Waals surface area contributed by atoms with E-state index in [1.807, 2.05) is 30.9 Å². The van der Waals surface area contributed by atoms with Gasteiger partial charge in [-0.2, -0.15) is 0 Å². The van der Waals surface area contributed by atoms with Crippen LogP contribution >= 0.6 is 0 Å². The second-order valence-electron chi connectivity index (χ2n) is 8.41. The van der Waals surface area contributed by atoms with Gasteiger partial charge in [0.15, 0.2) is 0 Å². The van der Waals surface area contributed by atoms with E-state index in [1.54, 1.807) is 0 Å². The quantitative estimate of drug-likeness (QED) is 0.800. The summed E-state index contributed by atoms with van der Waals surface area (Å²) in [6.07, 6.45) is 5.10. The number of rotatable bonds is 7. The van der Waals surface area contributed by atoms with Crippen molar-refractivity contribution in [2.75, 3.05) is 31.5 Å². The third-order valence-corrected chi connectivity index (χ3v) is 5.70. The van der Waals surface area contributed by atoms with E-state index in [4.69, 9.17) is 0 Å². The lowest BCUT2D eigenvalue weighted by Gasteiger charge is -2.31. The van der Waals surface area contributed by atoms with E-state index in [2.05, 4.69) is 23.2 Å². The molecule has 5 heteroatoms. The van der Waals surface area contributed by atoms with E-state index in [1.165, 1.54) is 6.42 Å². The SMILES string of the molecule is Cc1ccc(C)c(NC(=O)CN(CCC(=O)N2CCCC(C)C2)C2CC2)c1. The molecule has 27 heavy (non-hydrogen) atoms. The van der Waals surface area contributed by atoms with Crippen LogP contribution in [0.25, 0.3) is 0 Å². The highest BCUT2D eigenvalue weighted by atomic mass is 16.2. The van der Waals surface area contributed by atoms with Crippen molar-refractivity contribution in [2.45, 2.75) is 58.9 Å². The molecule has 1 atom stereocenters. The van der Waals surface area contributed by atoms with Crippen LogP contribution in [0.15, 0.2) is 18.2 Å². The first-order chi connectivity index (χ1) is 12.9. The second-order valence-corrected chi connectivity index (χ2v) is 8.41. The molecule has 1 N–H and O–H groups in total. The number of benzene rings is 1. The fourth-order valence-corrected chi connectivity index (χ4v) is 3.89. The molecule has 148 valence electrons. The summed E-state index contributed by atoms with van der Waals surface area (Å²) in [4.78, 5) is 29.3. The fourth-order valence-electron chi connectivity index (χ4n) is 3.89. The molecule has 2 amide bonds. The van der Waals surface area contributed by atoms with E-state index < -0.39 is 0 Å². The van der Waals surface area contributed by atoms with Crippen LogP contribution in [0.4, 0.5) is 5.69 Å². The van der Waals surface area contributed by atoms with Crippen molar-refractivity contribution in [2.24, 2.45) is 5.92 Å². The largest absolute Gasteiger partial charge is 0.342 e. The number of likely N-dealkylation sites (tertiary alicyclic amines) is 1. The lowest BCUT2D eigenvalue weighted by atomic mass is 10.00. The molecule has 1 aliphatic heterocycles. The molecule has 1 unspecified atom stereocenters. The standard InChI is InChI=1S/C22H33N3O2/c1-16-6-7-18(3)20(13-16)23-21(26)15-24(19-8-9-19)12-10-22(27)25-11-4-5-17(2)14-25/h6-7,13,17,19H,4-5,8-12,14-15H2,1-3H3,(H,23,26). The van der Waals surface area contributed by atoms with Crippen molar-refractivity contribution in [3.63, 3.8) is 0 Å². The van der Waals surface area contributed by atoms with E-state index >= 15 is 0 Å². The van der Waals surface area contributed by atoms with E-state index in [0.29, 0.717) is 31.5 Å². The number of hydrogen-bond donors (Lipinski definition) is 1. The van der Waals surface area contributed by atoms with Gasteiger partial charge in [-0.25, -0.2) is 0 Å². The minimum atomic E-state index is 0.00893. The Morgan fingerprint density at radius 3 is 2.70 bits per heavy atom. The Labute approximate surface area is 163 Å². The van der Waals surface area contributed by atoms with Gasteiger partial charge in [0, 0.05) is 37.8 Å². The van der Waals surface area contributed by atoms with Gasteiger partial charge in [0.25, 0.3) is 0 Å². The first kappa shape index (κ1) is 19.9. The van der Waals surface area contributed by atoms with Crippen LogP contribution in [0.2, 0.25) is 0 Å². The third-order valence-electron chi connectivity index (χ3n) is 5.70. The Morgan fingerprint density at radius 1 is 1.22 bits per heavy atom. The average molecular weight is 372 g/mol. The summed E-state index contributed by atoms with van der Waals surface area (Å²) in [5.41, 5.74) is 3.09. The van der Waals surface area contributed by atoms with Gasteiger partial charge in [-0.3, -0.25) is 14.5 Å². The number of carbonyl (C=O) groups excluding carboxylic acids is 2. The molecule has 0 bridgehead atoms. The van der Waals surface area contributed by atoms with Crippen LogP contribution in [-0.4, -0.2) is 53.8 Å². The van der Waals surface area contributed by atoms with Crippen LogP contribution < -0.4 is 5.32 Å². The van der Waals surface area contributed by atoms with Gasteiger partial charge in [0.2, 0.25) is 11.8 Å². The Balaban J connectivity index is 1.51. The highest BCUT2D eigenvalue weighted by molar-refractivity contribution is 5.93. The normalized spacial score (nSPS) is 20.0. The van der Waals surface area contributed by atoms with Crippen LogP contribution in [-0.2, 0) is 9.59 Å². The Morgan fingerprint density at radius 2 is 2.00 bits per heavy atom. The summed E-state index contributed by atoms with van der Waals surface area (Å²) in [7, 11) is 0. The van der Waals surface area contributed by atoms with Gasteiger partial charge in [-0.1, -0.05) is 19.1 Å². The van der Waals surface area contributed by atoms with Gasteiger partial charge in [0.05, 0.1) is 6.54 Å². The van der Waals surface area contributed by atoms with Crippen molar-refractivity contribution in [1.82, 2.24) is 9.80 Å². The van der Waals surface area contributed by atoms with Crippen LogP contribution in [0.5, 0.6) is 0 Å².